The van der Waals surface area contributed by atoms with E-state index in [-0.39, 0.29) is 18.1 Å². The minimum atomic E-state index is -0.469. The van der Waals surface area contributed by atoms with Crippen LogP contribution in [-0.2, 0) is 13.2 Å². The van der Waals surface area contributed by atoms with Crippen LogP contribution in [0.25, 0.3) is 6.08 Å². The fourth-order valence-electron chi connectivity index (χ4n) is 2.30. The largest absolute Gasteiger partial charge is 0.486 e. The number of hydrogen-bond donors (Lipinski definition) is 0. The molecule has 0 atom stereocenters. The van der Waals surface area contributed by atoms with Crippen molar-refractivity contribution in [2.75, 3.05) is 0 Å². The molecule has 2 heterocycles. The summed E-state index contributed by atoms with van der Waals surface area (Å²) in [5.41, 5.74) is 0.517. The van der Waals surface area contributed by atoms with Crippen LogP contribution in [-0.4, -0.2) is 20.5 Å². The summed E-state index contributed by atoms with van der Waals surface area (Å²) in [6.07, 6.45) is 6.23. The van der Waals surface area contributed by atoms with Gasteiger partial charge in [-0.3, -0.25) is 19.6 Å². The third-order valence-corrected chi connectivity index (χ3v) is 3.75. The van der Waals surface area contributed by atoms with Crippen molar-refractivity contribution in [2.24, 2.45) is 0 Å². The van der Waals surface area contributed by atoms with E-state index in [1.807, 2.05) is 6.92 Å². The van der Waals surface area contributed by atoms with E-state index in [1.165, 1.54) is 36.5 Å². The minimum absolute atomic E-state index is 0.00178. The number of carbonyl (C=O) groups is 1. The molecule has 27 heavy (non-hydrogen) atoms. The van der Waals surface area contributed by atoms with Crippen molar-refractivity contribution >= 4 is 17.5 Å². The number of ketones is 1. The van der Waals surface area contributed by atoms with Crippen molar-refractivity contribution in [3.63, 3.8) is 0 Å². The molecule has 0 aliphatic rings. The SMILES string of the molecule is CCn1cc(C(=O)/C=C/c2ccc(COc3ccc([N+](=O)[O-])cc3)o2)cn1. The number of ether oxygens (including phenoxy) is 1. The molecule has 1 aromatic carbocycles. The third kappa shape index (κ3) is 4.69. The van der Waals surface area contributed by atoms with Gasteiger partial charge in [0.2, 0.25) is 0 Å². The van der Waals surface area contributed by atoms with Gasteiger partial charge in [-0.25, -0.2) is 0 Å². The van der Waals surface area contributed by atoms with Gasteiger partial charge in [-0.2, -0.15) is 5.10 Å². The summed E-state index contributed by atoms with van der Waals surface area (Å²) in [7, 11) is 0. The molecular formula is C19H17N3O5. The van der Waals surface area contributed by atoms with Crippen LogP contribution in [0.2, 0.25) is 0 Å². The predicted octanol–water partition coefficient (Wildman–Crippen LogP) is 3.88. The van der Waals surface area contributed by atoms with Crippen molar-refractivity contribution in [1.29, 1.82) is 0 Å². The topological polar surface area (TPSA) is 100 Å². The Morgan fingerprint density at radius 1 is 1.30 bits per heavy atom. The van der Waals surface area contributed by atoms with Gasteiger partial charge in [-0.15, -0.1) is 0 Å². The van der Waals surface area contributed by atoms with E-state index in [2.05, 4.69) is 5.10 Å². The number of benzene rings is 1. The predicted molar refractivity (Wildman–Crippen MR) is 97.4 cm³/mol. The van der Waals surface area contributed by atoms with E-state index < -0.39 is 4.92 Å². The Kier molecular flexibility index (Phi) is 5.46. The van der Waals surface area contributed by atoms with Gasteiger partial charge in [0.25, 0.3) is 5.69 Å². The van der Waals surface area contributed by atoms with Crippen LogP contribution >= 0.6 is 0 Å². The maximum absolute atomic E-state index is 12.1. The molecule has 3 aromatic rings. The Bertz CT molecular complexity index is 969. The number of carbonyl (C=O) groups excluding carboxylic acids is 1. The molecule has 0 aliphatic heterocycles. The Morgan fingerprint density at radius 2 is 2.07 bits per heavy atom. The lowest BCUT2D eigenvalue weighted by molar-refractivity contribution is -0.384. The summed E-state index contributed by atoms with van der Waals surface area (Å²) in [4.78, 5) is 22.2. The molecule has 0 N–H and O–H groups in total. The van der Waals surface area contributed by atoms with E-state index >= 15 is 0 Å². The third-order valence-electron chi connectivity index (χ3n) is 3.75. The van der Waals surface area contributed by atoms with E-state index in [4.69, 9.17) is 9.15 Å². The van der Waals surface area contributed by atoms with E-state index in [0.29, 0.717) is 29.4 Å². The van der Waals surface area contributed by atoms with Crippen LogP contribution in [0.5, 0.6) is 5.75 Å². The van der Waals surface area contributed by atoms with Crippen LogP contribution in [0.3, 0.4) is 0 Å². The normalized spacial score (nSPS) is 11.0. The Morgan fingerprint density at radius 3 is 2.74 bits per heavy atom. The highest BCUT2D eigenvalue weighted by Gasteiger charge is 2.07. The summed E-state index contributed by atoms with van der Waals surface area (Å²) in [5, 5.41) is 14.7. The second kappa shape index (κ2) is 8.13. The van der Waals surface area contributed by atoms with Crippen LogP contribution in [0.15, 0.2) is 59.3 Å². The van der Waals surface area contributed by atoms with Crippen LogP contribution in [0, 0.1) is 10.1 Å². The Labute approximate surface area is 154 Å². The zero-order valence-corrected chi connectivity index (χ0v) is 14.6. The number of hydrogen-bond acceptors (Lipinski definition) is 6. The van der Waals surface area contributed by atoms with Crippen molar-refractivity contribution in [1.82, 2.24) is 9.78 Å². The highest BCUT2D eigenvalue weighted by atomic mass is 16.6. The van der Waals surface area contributed by atoms with Gasteiger partial charge in [0, 0.05) is 24.9 Å². The first-order chi connectivity index (χ1) is 13.0. The zero-order valence-electron chi connectivity index (χ0n) is 14.6. The Hall–Kier alpha value is -3.68. The summed E-state index contributed by atoms with van der Waals surface area (Å²) in [6, 6.07) is 9.27. The van der Waals surface area contributed by atoms with E-state index in [9.17, 15) is 14.9 Å². The van der Waals surface area contributed by atoms with Gasteiger partial charge in [0.15, 0.2) is 5.78 Å². The number of nitrogens with zero attached hydrogens (tertiary/aromatic N) is 3. The van der Waals surface area contributed by atoms with Crippen LogP contribution in [0.1, 0.15) is 28.8 Å². The highest BCUT2D eigenvalue weighted by Crippen LogP contribution is 2.19. The average molecular weight is 367 g/mol. The molecule has 0 bridgehead atoms. The maximum Gasteiger partial charge on any atom is 0.269 e. The fraction of sp³-hybridized carbons (Fsp3) is 0.158. The fourth-order valence-corrected chi connectivity index (χ4v) is 2.30. The molecule has 3 rings (SSSR count). The summed E-state index contributed by atoms with van der Waals surface area (Å²) >= 11 is 0. The minimum Gasteiger partial charge on any atom is -0.486 e. The Balaban J connectivity index is 1.56. The van der Waals surface area contributed by atoms with Crippen molar-refractivity contribution in [2.45, 2.75) is 20.1 Å². The number of allylic oxidation sites excluding steroid dienone is 1. The molecule has 0 saturated carbocycles. The molecule has 2 aromatic heterocycles. The number of rotatable bonds is 8. The number of aromatic nitrogens is 2. The van der Waals surface area contributed by atoms with Gasteiger partial charge in [-0.05, 0) is 43.3 Å². The van der Waals surface area contributed by atoms with Crippen molar-refractivity contribution < 1.29 is 18.9 Å². The van der Waals surface area contributed by atoms with Crippen LogP contribution in [0.4, 0.5) is 5.69 Å². The zero-order chi connectivity index (χ0) is 19.2. The monoisotopic (exact) mass is 367 g/mol. The molecule has 0 amide bonds. The highest BCUT2D eigenvalue weighted by molar-refractivity contribution is 6.06. The average Bonchev–Trinajstić information content (AvgIpc) is 3.34. The smallest absolute Gasteiger partial charge is 0.269 e. The molecule has 0 spiro atoms. The lowest BCUT2D eigenvalue weighted by Gasteiger charge is -2.03. The number of furan rings is 1. The number of nitro benzene ring substituents is 1. The van der Waals surface area contributed by atoms with Crippen molar-refractivity contribution in [3.8, 4) is 5.75 Å². The van der Waals surface area contributed by atoms with Gasteiger partial charge in [0.05, 0.1) is 16.7 Å². The molecular weight excluding hydrogens is 350 g/mol. The molecule has 0 radical (unpaired) electrons. The summed E-state index contributed by atoms with van der Waals surface area (Å²) in [6.45, 7) is 2.82. The quantitative estimate of drug-likeness (QED) is 0.259. The number of aryl methyl sites for hydroxylation is 1. The number of nitro groups is 1. The van der Waals surface area contributed by atoms with Crippen molar-refractivity contribution in [3.05, 3.63) is 82.1 Å². The van der Waals surface area contributed by atoms with Gasteiger partial charge < -0.3 is 9.15 Å². The molecule has 8 heteroatoms. The molecule has 0 aliphatic carbocycles. The summed E-state index contributed by atoms with van der Waals surface area (Å²) in [5.74, 6) is 1.43. The first-order valence-corrected chi connectivity index (χ1v) is 8.26. The molecule has 0 fully saturated rings. The second-order valence-electron chi connectivity index (χ2n) is 5.63. The van der Waals surface area contributed by atoms with E-state index in [0.717, 1.165) is 0 Å². The van der Waals surface area contributed by atoms with Gasteiger partial charge >= 0.3 is 0 Å². The molecule has 138 valence electrons. The van der Waals surface area contributed by atoms with Gasteiger partial charge in [-0.1, -0.05) is 0 Å². The lowest BCUT2D eigenvalue weighted by Crippen LogP contribution is -1.94. The van der Waals surface area contributed by atoms with E-state index in [1.54, 1.807) is 29.1 Å². The molecule has 8 nitrogen and oxygen atoms in total. The van der Waals surface area contributed by atoms with Crippen LogP contribution < -0.4 is 4.74 Å². The standard InChI is InChI=1S/C19H17N3O5/c1-2-21-12-14(11-20-21)19(23)10-9-17-7-8-18(27-17)13-26-16-5-3-15(4-6-16)22(24)25/h3-12H,2,13H2,1H3/b10-9+. The molecule has 0 unspecified atom stereocenters. The second-order valence-corrected chi connectivity index (χ2v) is 5.63. The molecule has 0 saturated heterocycles. The first-order valence-electron chi connectivity index (χ1n) is 8.26. The number of non-ortho nitro benzene ring substituents is 1. The van der Waals surface area contributed by atoms with Gasteiger partial charge in [0.1, 0.15) is 23.9 Å². The maximum atomic E-state index is 12.1. The lowest BCUT2D eigenvalue weighted by atomic mass is 10.2. The first kappa shape index (κ1) is 18.1. The summed E-state index contributed by atoms with van der Waals surface area (Å²) < 4.78 is 12.8.